The van der Waals surface area contributed by atoms with E-state index in [1.807, 2.05) is 54.4 Å². The molecule has 5 rings (SSSR count). The lowest BCUT2D eigenvalue weighted by Gasteiger charge is -2.30. The number of para-hydroxylation sites is 1. The molecule has 1 saturated heterocycles. The SMILES string of the molecule is COc1cccc(-c2ccc3nc([C@@H]4CCCN(C(=O)c5ccc(C)o5)C4)nn3c2)c1OC. The molecule has 1 atom stereocenters. The quantitative estimate of drug-likeness (QED) is 0.454. The summed E-state index contributed by atoms with van der Waals surface area (Å²) in [5.41, 5.74) is 2.63. The van der Waals surface area contributed by atoms with Crippen LogP contribution in [0, 0.1) is 6.92 Å². The Morgan fingerprint density at radius 2 is 2.00 bits per heavy atom. The van der Waals surface area contributed by atoms with Crippen LogP contribution in [0.3, 0.4) is 0 Å². The number of likely N-dealkylation sites (tertiary alicyclic amines) is 1. The summed E-state index contributed by atoms with van der Waals surface area (Å²) < 4.78 is 18.3. The Kier molecular flexibility index (Phi) is 5.50. The van der Waals surface area contributed by atoms with Crippen molar-refractivity contribution in [2.75, 3.05) is 27.3 Å². The van der Waals surface area contributed by atoms with Gasteiger partial charge in [-0.2, -0.15) is 5.10 Å². The normalized spacial score (nSPS) is 16.2. The number of carbonyl (C=O) groups is 1. The summed E-state index contributed by atoms with van der Waals surface area (Å²) in [6, 6.07) is 13.3. The topological polar surface area (TPSA) is 82.1 Å². The number of aromatic nitrogens is 3. The van der Waals surface area contributed by atoms with Crippen LogP contribution in [0.5, 0.6) is 11.5 Å². The third kappa shape index (κ3) is 3.92. The Hall–Kier alpha value is -3.81. The number of hydrogen-bond donors (Lipinski definition) is 0. The van der Waals surface area contributed by atoms with E-state index < -0.39 is 0 Å². The molecule has 1 aliphatic heterocycles. The number of benzene rings is 1. The second kappa shape index (κ2) is 8.61. The molecule has 8 heteroatoms. The molecule has 0 aliphatic carbocycles. The van der Waals surface area contributed by atoms with Crippen LogP contribution in [-0.2, 0) is 0 Å². The first-order chi connectivity index (χ1) is 16.1. The number of furan rings is 1. The fourth-order valence-electron chi connectivity index (χ4n) is 4.42. The fraction of sp³-hybridized carbons (Fsp3) is 0.320. The van der Waals surface area contributed by atoms with Crippen molar-refractivity contribution in [3.8, 4) is 22.6 Å². The van der Waals surface area contributed by atoms with Crippen molar-refractivity contribution in [1.29, 1.82) is 0 Å². The average Bonchev–Trinajstić information content (AvgIpc) is 3.48. The molecule has 1 aromatic carbocycles. The van der Waals surface area contributed by atoms with Crippen molar-refractivity contribution in [2.45, 2.75) is 25.7 Å². The molecular formula is C25H26N4O4. The number of amides is 1. The first kappa shape index (κ1) is 21.1. The molecule has 33 heavy (non-hydrogen) atoms. The van der Waals surface area contributed by atoms with Crippen molar-refractivity contribution < 1.29 is 18.7 Å². The summed E-state index contributed by atoms with van der Waals surface area (Å²) in [5, 5.41) is 4.76. The van der Waals surface area contributed by atoms with Crippen LogP contribution >= 0.6 is 0 Å². The van der Waals surface area contributed by atoms with E-state index in [1.54, 1.807) is 24.8 Å². The fourth-order valence-corrected chi connectivity index (χ4v) is 4.42. The number of hydrogen-bond acceptors (Lipinski definition) is 6. The molecule has 0 spiro atoms. The zero-order chi connectivity index (χ0) is 22.9. The molecule has 1 aliphatic rings. The van der Waals surface area contributed by atoms with Crippen molar-refractivity contribution in [3.05, 3.63) is 66.0 Å². The number of ether oxygens (including phenoxy) is 2. The summed E-state index contributed by atoms with van der Waals surface area (Å²) in [4.78, 5) is 19.4. The zero-order valence-corrected chi connectivity index (χ0v) is 18.9. The summed E-state index contributed by atoms with van der Waals surface area (Å²) in [7, 11) is 3.26. The standard InChI is InChI=1S/C25H26N4O4/c1-16-9-11-21(33-16)25(30)28-13-5-6-18(14-28)24-26-22-12-10-17(15-29(22)27-24)19-7-4-8-20(31-2)23(19)32-3/h4,7-12,15,18H,5-6,13-14H2,1-3H3/t18-/m1/s1. The highest BCUT2D eigenvalue weighted by molar-refractivity contribution is 5.91. The van der Waals surface area contributed by atoms with Gasteiger partial charge >= 0.3 is 0 Å². The maximum Gasteiger partial charge on any atom is 0.289 e. The zero-order valence-electron chi connectivity index (χ0n) is 18.9. The van der Waals surface area contributed by atoms with Gasteiger partial charge in [0.25, 0.3) is 5.91 Å². The van der Waals surface area contributed by atoms with E-state index in [0.29, 0.717) is 30.3 Å². The molecule has 0 N–H and O–H groups in total. The average molecular weight is 447 g/mol. The number of aryl methyl sites for hydroxylation is 1. The van der Waals surface area contributed by atoms with Gasteiger partial charge in [0.05, 0.1) is 14.2 Å². The van der Waals surface area contributed by atoms with Gasteiger partial charge in [-0.25, -0.2) is 9.50 Å². The van der Waals surface area contributed by atoms with E-state index >= 15 is 0 Å². The Balaban J connectivity index is 1.42. The van der Waals surface area contributed by atoms with Crippen molar-refractivity contribution >= 4 is 11.6 Å². The Labute approximate surface area is 191 Å². The number of fused-ring (bicyclic) bond motifs is 1. The van der Waals surface area contributed by atoms with Gasteiger partial charge in [-0.3, -0.25) is 4.79 Å². The summed E-state index contributed by atoms with van der Waals surface area (Å²) in [6.07, 6.45) is 3.78. The highest BCUT2D eigenvalue weighted by Crippen LogP contribution is 2.37. The number of piperidine rings is 1. The minimum absolute atomic E-state index is 0.0773. The van der Waals surface area contributed by atoms with Crippen LogP contribution in [0.1, 0.15) is 40.9 Å². The molecule has 170 valence electrons. The van der Waals surface area contributed by atoms with E-state index in [-0.39, 0.29) is 11.8 Å². The third-order valence-electron chi connectivity index (χ3n) is 6.09. The Bertz CT molecular complexity index is 1310. The van der Waals surface area contributed by atoms with Crippen LogP contribution in [0.2, 0.25) is 0 Å². The summed E-state index contributed by atoms with van der Waals surface area (Å²) >= 11 is 0. The van der Waals surface area contributed by atoms with Gasteiger partial charge in [-0.15, -0.1) is 0 Å². The number of rotatable bonds is 5. The van der Waals surface area contributed by atoms with Crippen LogP contribution < -0.4 is 9.47 Å². The molecule has 0 bridgehead atoms. The minimum Gasteiger partial charge on any atom is -0.493 e. The van der Waals surface area contributed by atoms with Crippen LogP contribution in [-0.4, -0.2) is 52.7 Å². The van der Waals surface area contributed by atoms with Gasteiger partial charge in [0.2, 0.25) is 0 Å². The highest BCUT2D eigenvalue weighted by atomic mass is 16.5. The van der Waals surface area contributed by atoms with E-state index in [1.165, 1.54) is 0 Å². The highest BCUT2D eigenvalue weighted by Gasteiger charge is 2.29. The minimum atomic E-state index is -0.0797. The molecule has 4 aromatic rings. The molecule has 0 unspecified atom stereocenters. The molecule has 4 heterocycles. The molecule has 8 nitrogen and oxygen atoms in total. The summed E-state index contributed by atoms with van der Waals surface area (Å²) in [5.74, 6) is 3.21. The van der Waals surface area contributed by atoms with E-state index in [4.69, 9.17) is 24.0 Å². The van der Waals surface area contributed by atoms with Crippen molar-refractivity contribution in [1.82, 2.24) is 19.5 Å². The maximum absolute atomic E-state index is 12.8. The predicted molar refractivity (Wildman–Crippen MR) is 123 cm³/mol. The molecule has 3 aromatic heterocycles. The maximum atomic E-state index is 12.8. The molecule has 1 amide bonds. The van der Waals surface area contributed by atoms with Gasteiger partial charge in [0.15, 0.2) is 28.7 Å². The Morgan fingerprint density at radius 3 is 2.76 bits per heavy atom. The third-order valence-corrected chi connectivity index (χ3v) is 6.09. The monoisotopic (exact) mass is 446 g/mol. The number of methoxy groups -OCH3 is 2. The number of nitrogens with zero attached hydrogens (tertiary/aromatic N) is 4. The first-order valence-electron chi connectivity index (χ1n) is 11.0. The van der Waals surface area contributed by atoms with E-state index in [2.05, 4.69) is 0 Å². The first-order valence-corrected chi connectivity index (χ1v) is 11.0. The van der Waals surface area contributed by atoms with Gasteiger partial charge in [0.1, 0.15) is 5.76 Å². The largest absolute Gasteiger partial charge is 0.493 e. The van der Waals surface area contributed by atoms with Crippen LogP contribution in [0.15, 0.2) is 53.1 Å². The second-order valence-corrected chi connectivity index (χ2v) is 8.23. The van der Waals surface area contributed by atoms with E-state index in [9.17, 15) is 4.79 Å². The number of pyridine rings is 1. The lowest BCUT2D eigenvalue weighted by Crippen LogP contribution is -2.39. The molecule has 0 radical (unpaired) electrons. The van der Waals surface area contributed by atoms with Crippen molar-refractivity contribution in [3.63, 3.8) is 0 Å². The molecular weight excluding hydrogens is 420 g/mol. The predicted octanol–water partition coefficient (Wildman–Crippen LogP) is 4.33. The van der Waals surface area contributed by atoms with Gasteiger partial charge in [-0.1, -0.05) is 12.1 Å². The Morgan fingerprint density at radius 1 is 1.12 bits per heavy atom. The van der Waals surface area contributed by atoms with Crippen LogP contribution in [0.25, 0.3) is 16.8 Å². The van der Waals surface area contributed by atoms with Crippen LogP contribution in [0.4, 0.5) is 0 Å². The van der Waals surface area contributed by atoms with E-state index in [0.717, 1.165) is 41.2 Å². The van der Waals surface area contributed by atoms with Gasteiger partial charge < -0.3 is 18.8 Å². The molecule has 0 saturated carbocycles. The molecule has 1 fully saturated rings. The smallest absolute Gasteiger partial charge is 0.289 e. The lowest BCUT2D eigenvalue weighted by molar-refractivity contribution is 0.0671. The van der Waals surface area contributed by atoms with Crippen molar-refractivity contribution in [2.24, 2.45) is 0 Å². The van der Waals surface area contributed by atoms with Gasteiger partial charge in [-0.05, 0) is 50.1 Å². The number of carbonyl (C=O) groups excluding carboxylic acids is 1. The lowest BCUT2D eigenvalue weighted by atomic mass is 9.97. The van der Waals surface area contributed by atoms with Gasteiger partial charge in [0, 0.05) is 36.3 Å². The summed E-state index contributed by atoms with van der Waals surface area (Å²) in [6.45, 7) is 3.13. The second-order valence-electron chi connectivity index (χ2n) is 8.23.